The van der Waals surface area contributed by atoms with Crippen LogP contribution in [-0.4, -0.2) is 22.1 Å². The number of carbonyl (C=O) groups is 2. The molecule has 0 saturated heterocycles. The Hall–Kier alpha value is -3.02. The molecule has 1 amide bonds. The van der Waals surface area contributed by atoms with Crippen LogP contribution < -0.4 is 10.4 Å². The van der Waals surface area contributed by atoms with Gasteiger partial charge >= 0.3 is 5.97 Å². The summed E-state index contributed by atoms with van der Waals surface area (Å²) in [5.41, 5.74) is 0.611. The summed E-state index contributed by atoms with van der Waals surface area (Å²) in [5, 5.41) is 32.8. The van der Waals surface area contributed by atoms with E-state index >= 15 is 0 Å². The van der Waals surface area contributed by atoms with Gasteiger partial charge in [-0.05, 0) is 35.4 Å². The van der Waals surface area contributed by atoms with Crippen molar-refractivity contribution < 1.29 is 24.9 Å². The quantitative estimate of drug-likeness (QED) is 0.796. The van der Waals surface area contributed by atoms with Crippen LogP contribution in [0.5, 0.6) is 11.5 Å². The standard InChI is InChI=1S/C15H13NO5/c1-8(17)16-9-2-4-11(13(6-9)15(20)21)12-5-3-10(18)7-14(12)19/h2-7,18-19H,1H3,(H,16,17)(H,20,21)/p-1. The van der Waals surface area contributed by atoms with Gasteiger partial charge in [-0.1, -0.05) is 17.9 Å². The number of phenolic OH excluding ortho intramolecular Hbond substituents is 1. The van der Waals surface area contributed by atoms with Crippen molar-refractivity contribution in [1.29, 1.82) is 0 Å². The number of aromatic carboxylic acids is 1. The molecule has 6 heteroatoms. The number of anilines is 1. The van der Waals surface area contributed by atoms with E-state index in [1.165, 1.54) is 37.3 Å². The molecule has 0 unspecified atom stereocenters. The first-order chi connectivity index (χ1) is 9.88. The van der Waals surface area contributed by atoms with Crippen LogP contribution in [0.1, 0.15) is 17.3 Å². The van der Waals surface area contributed by atoms with E-state index in [1.54, 1.807) is 0 Å². The molecule has 0 aliphatic carbocycles. The fourth-order valence-corrected chi connectivity index (χ4v) is 1.97. The number of benzene rings is 2. The van der Waals surface area contributed by atoms with Gasteiger partial charge < -0.3 is 20.6 Å². The van der Waals surface area contributed by atoms with E-state index in [-0.39, 0.29) is 28.3 Å². The average Bonchev–Trinajstić information content (AvgIpc) is 2.38. The second-order valence-electron chi connectivity index (χ2n) is 4.43. The maximum absolute atomic E-state index is 11.9. The van der Waals surface area contributed by atoms with E-state index in [0.29, 0.717) is 5.69 Å². The van der Waals surface area contributed by atoms with Crippen LogP contribution in [0.15, 0.2) is 36.4 Å². The van der Waals surface area contributed by atoms with Crippen molar-refractivity contribution in [2.45, 2.75) is 6.92 Å². The zero-order chi connectivity index (χ0) is 15.6. The lowest BCUT2D eigenvalue weighted by Gasteiger charge is -2.16. The molecule has 6 nitrogen and oxygen atoms in total. The van der Waals surface area contributed by atoms with E-state index in [0.717, 1.165) is 6.07 Å². The van der Waals surface area contributed by atoms with Crippen LogP contribution in [0.25, 0.3) is 11.1 Å². The summed E-state index contributed by atoms with van der Waals surface area (Å²) in [4.78, 5) is 22.4. The van der Waals surface area contributed by atoms with E-state index < -0.39 is 11.7 Å². The smallest absolute Gasteiger partial charge is 0.336 e. The number of phenols is 1. The maximum Gasteiger partial charge on any atom is 0.336 e. The molecule has 2 aromatic rings. The topological polar surface area (TPSA) is 110 Å². The number of carboxylic acids is 1. The van der Waals surface area contributed by atoms with Crippen molar-refractivity contribution in [3.05, 3.63) is 42.0 Å². The van der Waals surface area contributed by atoms with Crippen molar-refractivity contribution in [2.24, 2.45) is 0 Å². The highest BCUT2D eigenvalue weighted by Crippen LogP contribution is 2.33. The Morgan fingerprint density at radius 3 is 2.33 bits per heavy atom. The fraction of sp³-hybridized carbons (Fsp3) is 0.0667. The summed E-state index contributed by atoms with van der Waals surface area (Å²) >= 11 is 0. The number of hydrogen-bond donors (Lipinski definition) is 3. The summed E-state index contributed by atoms with van der Waals surface area (Å²) in [6.45, 7) is 1.31. The first-order valence-corrected chi connectivity index (χ1v) is 6.04. The minimum Gasteiger partial charge on any atom is -0.872 e. The van der Waals surface area contributed by atoms with Gasteiger partial charge in [0, 0.05) is 12.6 Å². The SMILES string of the molecule is CC(=O)Nc1ccc(-c2ccc(O)cc2[O-])c(C(=O)O)c1. The van der Waals surface area contributed by atoms with Crippen molar-refractivity contribution >= 4 is 17.6 Å². The predicted molar refractivity (Wildman–Crippen MR) is 74.3 cm³/mol. The van der Waals surface area contributed by atoms with Crippen LogP contribution in [0.3, 0.4) is 0 Å². The van der Waals surface area contributed by atoms with Crippen LogP contribution >= 0.6 is 0 Å². The molecule has 0 saturated carbocycles. The lowest BCUT2D eigenvalue weighted by atomic mass is 9.98. The Labute approximate surface area is 120 Å². The van der Waals surface area contributed by atoms with Crippen LogP contribution in [0, 0.1) is 0 Å². The molecular formula is C15H12NO5-. The molecule has 21 heavy (non-hydrogen) atoms. The summed E-state index contributed by atoms with van der Waals surface area (Å²) in [5.74, 6) is -2.21. The molecular weight excluding hydrogens is 274 g/mol. The molecule has 108 valence electrons. The second-order valence-corrected chi connectivity index (χ2v) is 4.43. The third kappa shape index (κ3) is 3.11. The van der Waals surface area contributed by atoms with Crippen molar-refractivity contribution in [2.75, 3.05) is 5.32 Å². The zero-order valence-corrected chi connectivity index (χ0v) is 11.1. The van der Waals surface area contributed by atoms with Gasteiger partial charge in [-0.2, -0.15) is 0 Å². The van der Waals surface area contributed by atoms with Crippen LogP contribution in [-0.2, 0) is 4.79 Å². The third-order valence-corrected chi connectivity index (χ3v) is 2.83. The Kier molecular flexibility index (Phi) is 3.80. The van der Waals surface area contributed by atoms with E-state index in [1.807, 2.05) is 0 Å². The Balaban J connectivity index is 2.57. The van der Waals surface area contributed by atoms with Crippen LogP contribution in [0.2, 0.25) is 0 Å². The number of amides is 1. The van der Waals surface area contributed by atoms with Crippen molar-refractivity contribution in [3.8, 4) is 22.6 Å². The van der Waals surface area contributed by atoms with Crippen molar-refractivity contribution in [3.63, 3.8) is 0 Å². The molecule has 2 rings (SSSR count). The first-order valence-electron chi connectivity index (χ1n) is 6.04. The largest absolute Gasteiger partial charge is 0.872 e. The highest BCUT2D eigenvalue weighted by molar-refractivity contribution is 5.99. The minimum absolute atomic E-state index is 0.107. The van der Waals surface area contributed by atoms with Crippen molar-refractivity contribution in [1.82, 2.24) is 0 Å². The van der Waals surface area contributed by atoms with E-state index in [4.69, 9.17) is 0 Å². The second kappa shape index (κ2) is 5.54. The monoisotopic (exact) mass is 286 g/mol. The van der Waals surface area contributed by atoms with Crippen LogP contribution in [0.4, 0.5) is 5.69 Å². The van der Waals surface area contributed by atoms with Gasteiger partial charge in [-0.3, -0.25) is 4.79 Å². The third-order valence-electron chi connectivity index (χ3n) is 2.83. The van der Waals surface area contributed by atoms with E-state index in [2.05, 4.69) is 5.32 Å². The summed E-state index contributed by atoms with van der Waals surface area (Å²) in [6.07, 6.45) is 0. The summed E-state index contributed by atoms with van der Waals surface area (Å²) < 4.78 is 0. The zero-order valence-electron chi connectivity index (χ0n) is 11.1. The first kappa shape index (κ1) is 14.4. The molecule has 0 fully saturated rings. The highest BCUT2D eigenvalue weighted by Gasteiger charge is 2.14. The van der Waals surface area contributed by atoms with Gasteiger partial charge in [0.1, 0.15) is 5.75 Å². The number of carboxylic acid groups (broad SMARTS) is 1. The van der Waals surface area contributed by atoms with E-state index in [9.17, 15) is 24.9 Å². The number of hydrogen-bond acceptors (Lipinski definition) is 4. The number of rotatable bonds is 3. The minimum atomic E-state index is -1.22. The molecule has 0 spiro atoms. The Morgan fingerprint density at radius 2 is 1.76 bits per heavy atom. The number of carbonyl (C=O) groups excluding carboxylic acids is 1. The molecule has 2 aromatic carbocycles. The van der Waals surface area contributed by atoms with Gasteiger partial charge in [-0.25, -0.2) is 4.79 Å². The molecule has 0 aromatic heterocycles. The lowest BCUT2D eigenvalue weighted by molar-refractivity contribution is -0.267. The number of aromatic hydroxyl groups is 1. The molecule has 0 radical (unpaired) electrons. The van der Waals surface area contributed by atoms with Gasteiger partial charge in [0.25, 0.3) is 0 Å². The highest BCUT2D eigenvalue weighted by atomic mass is 16.4. The molecule has 0 aliphatic rings. The summed E-state index contributed by atoms with van der Waals surface area (Å²) in [6, 6.07) is 7.92. The molecule has 0 atom stereocenters. The lowest BCUT2D eigenvalue weighted by Crippen LogP contribution is -2.08. The number of nitrogens with one attached hydrogen (secondary N) is 1. The van der Waals surface area contributed by atoms with Gasteiger partial charge in [0.05, 0.1) is 5.56 Å². The Morgan fingerprint density at radius 1 is 1.10 bits per heavy atom. The van der Waals surface area contributed by atoms with Gasteiger partial charge in [-0.15, -0.1) is 0 Å². The predicted octanol–water partition coefficient (Wildman–Crippen LogP) is 1.79. The normalized spacial score (nSPS) is 10.1. The molecule has 0 aliphatic heterocycles. The average molecular weight is 286 g/mol. The van der Waals surface area contributed by atoms with Gasteiger partial charge in [0.2, 0.25) is 5.91 Å². The Bertz CT molecular complexity index is 724. The molecule has 0 heterocycles. The van der Waals surface area contributed by atoms with Gasteiger partial charge in [0.15, 0.2) is 0 Å². The summed E-state index contributed by atoms with van der Waals surface area (Å²) in [7, 11) is 0. The maximum atomic E-state index is 11.9. The fourth-order valence-electron chi connectivity index (χ4n) is 1.97. The molecule has 3 N–H and O–H groups in total. The molecule has 0 bridgehead atoms.